The lowest BCUT2D eigenvalue weighted by Gasteiger charge is -2.39. The Bertz CT molecular complexity index is 503. The van der Waals surface area contributed by atoms with Crippen LogP contribution in [-0.2, 0) is 6.54 Å². The lowest BCUT2D eigenvalue weighted by Crippen LogP contribution is -2.43. The molecule has 0 saturated heterocycles. The maximum absolute atomic E-state index is 10.9. The summed E-state index contributed by atoms with van der Waals surface area (Å²) in [5.74, 6) is 0. The first-order chi connectivity index (χ1) is 9.38. The quantitative estimate of drug-likeness (QED) is 0.652. The number of rotatable bonds is 4. The maximum atomic E-state index is 10.9. The molecule has 0 amide bonds. The van der Waals surface area contributed by atoms with Crippen molar-refractivity contribution < 1.29 is 4.92 Å². The highest BCUT2D eigenvalue weighted by atomic mass is 79.9. The summed E-state index contributed by atoms with van der Waals surface area (Å²) in [6.07, 6.45) is 4.99. The van der Waals surface area contributed by atoms with Crippen LogP contribution in [0.15, 0.2) is 22.7 Å². The molecule has 0 spiro atoms. The Morgan fingerprint density at radius 3 is 2.80 bits per heavy atom. The normalized spacial score (nSPS) is 21.6. The number of nitro benzene ring substituents is 1. The van der Waals surface area contributed by atoms with Crippen LogP contribution in [0.4, 0.5) is 5.69 Å². The Balaban J connectivity index is 2.05. The number of nitrogens with zero attached hydrogens (tertiary/aromatic N) is 1. The van der Waals surface area contributed by atoms with E-state index in [0.717, 1.165) is 10.0 Å². The van der Waals surface area contributed by atoms with Crippen molar-refractivity contribution >= 4 is 21.6 Å². The molecule has 0 bridgehead atoms. The molecule has 2 rings (SSSR count). The summed E-state index contributed by atoms with van der Waals surface area (Å²) >= 11 is 3.34. The van der Waals surface area contributed by atoms with E-state index < -0.39 is 0 Å². The van der Waals surface area contributed by atoms with Crippen LogP contribution in [0.5, 0.6) is 0 Å². The maximum Gasteiger partial charge on any atom is 0.270 e. The first-order valence-corrected chi connectivity index (χ1v) is 7.85. The van der Waals surface area contributed by atoms with E-state index in [2.05, 4.69) is 35.1 Å². The van der Waals surface area contributed by atoms with Gasteiger partial charge in [-0.15, -0.1) is 0 Å². The second kappa shape index (κ2) is 6.22. The molecule has 1 aliphatic rings. The highest BCUT2D eigenvalue weighted by Gasteiger charge is 2.31. The van der Waals surface area contributed by atoms with Crippen molar-refractivity contribution in [2.45, 2.75) is 52.1 Å². The average Bonchev–Trinajstić information content (AvgIpc) is 2.36. The number of benzene rings is 1. The fraction of sp³-hybridized carbons (Fsp3) is 0.600. The number of hydrogen-bond acceptors (Lipinski definition) is 3. The van der Waals surface area contributed by atoms with Gasteiger partial charge >= 0.3 is 0 Å². The van der Waals surface area contributed by atoms with Crippen molar-refractivity contribution in [3.63, 3.8) is 0 Å². The van der Waals surface area contributed by atoms with Gasteiger partial charge in [0.15, 0.2) is 0 Å². The van der Waals surface area contributed by atoms with E-state index in [1.807, 2.05) is 6.07 Å². The van der Waals surface area contributed by atoms with Gasteiger partial charge in [0, 0.05) is 29.2 Å². The van der Waals surface area contributed by atoms with E-state index in [0.29, 0.717) is 18.0 Å². The SMILES string of the molecule is CC1(C)CCCCC1NCc1cc(Br)cc([N+](=O)[O-])c1. The molecule has 1 unspecified atom stereocenters. The molecule has 110 valence electrons. The van der Waals surface area contributed by atoms with Crippen molar-refractivity contribution in [3.8, 4) is 0 Å². The van der Waals surface area contributed by atoms with Gasteiger partial charge in [-0.05, 0) is 29.9 Å². The molecule has 1 aromatic rings. The second-order valence-electron chi connectivity index (χ2n) is 6.24. The zero-order valence-electron chi connectivity index (χ0n) is 12.0. The lowest BCUT2D eigenvalue weighted by molar-refractivity contribution is -0.385. The van der Waals surface area contributed by atoms with E-state index in [-0.39, 0.29) is 10.6 Å². The third-order valence-electron chi connectivity index (χ3n) is 4.21. The Labute approximate surface area is 128 Å². The topological polar surface area (TPSA) is 55.2 Å². The van der Waals surface area contributed by atoms with Crippen LogP contribution in [0.3, 0.4) is 0 Å². The van der Waals surface area contributed by atoms with Crippen LogP contribution < -0.4 is 5.32 Å². The highest BCUT2D eigenvalue weighted by Crippen LogP contribution is 2.35. The van der Waals surface area contributed by atoms with Crippen molar-refractivity contribution in [2.24, 2.45) is 5.41 Å². The minimum Gasteiger partial charge on any atom is -0.309 e. The zero-order chi connectivity index (χ0) is 14.8. The van der Waals surface area contributed by atoms with E-state index in [1.165, 1.54) is 31.7 Å². The summed E-state index contributed by atoms with van der Waals surface area (Å²) in [6.45, 7) is 5.27. The van der Waals surface area contributed by atoms with Crippen LogP contribution in [0, 0.1) is 15.5 Å². The first kappa shape index (κ1) is 15.4. The van der Waals surface area contributed by atoms with Crippen LogP contribution in [0.1, 0.15) is 45.1 Å². The number of nitrogens with one attached hydrogen (secondary N) is 1. The van der Waals surface area contributed by atoms with Gasteiger partial charge in [0.1, 0.15) is 0 Å². The van der Waals surface area contributed by atoms with Crippen LogP contribution in [0.25, 0.3) is 0 Å². The molecule has 5 heteroatoms. The smallest absolute Gasteiger partial charge is 0.270 e. The number of non-ortho nitro benzene ring substituents is 1. The van der Waals surface area contributed by atoms with E-state index in [4.69, 9.17) is 0 Å². The molecule has 0 radical (unpaired) electrons. The summed E-state index contributed by atoms with van der Waals surface area (Å²) in [7, 11) is 0. The Kier molecular flexibility index (Phi) is 4.81. The average molecular weight is 341 g/mol. The van der Waals surface area contributed by atoms with Gasteiger partial charge < -0.3 is 5.32 Å². The largest absolute Gasteiger partial charge is 0.309 e. The highest BCUT2D eigenvalue weighted by molar-refractivity contribution is 9.10. The van der Waals surface area contributed by atoms with Crippen molar-refractivity contribution in [1.82, 2.24) is 5.32 Å². The molecular weight excluding hydrogens is 320 g/mol. The van der Waals surface area contributed by atoms with Gasteiger partial charge in [0.25, 0.3) is 5.69 Å². The molecule has 1 atom stereocenters. The van der Waals surface area contributed by atoms with Crippen LogP contribution in [-0.4, -0.2) is 11.0 Å². The predicted molar refractivity (Wildman–Crippen MR) is 83.7 cm³/mol. The monoisotopic (exact) mass is 340 g/mol. The van der Waals surface area contributed by atoms with Crippen molar-refractivity contribution in [3.05, 3.63) is 38.3 Å². The van der Waals surface area contributed by atoms with Gasteiger partial charge in [-0.25, -0.2) is 0 Å². The van der Waals surface area contributed by atoms with Gasteiger partial charge in [0.2, 0.25) is 0 Å². The first-order valence-electron chi connectivity index (χ1n) is 7.06. The van der Waals surface area contributed by atoms with Crippen molar-refractivity contribution in [2.75, 3.05) is 0 Å². The molecule has 1 N–H and O–H groups in total. The standard InChI is InChI=1S/C15H21BrN2O2/c1-15(2)6-4-3-5-14(15)17-10-11-7-12(16)9-13(8-11)18(19)20/h7-9,14,17H,3-6,10H2,1-2H3. The molecule has 1 saturated carbocycles. The molecule has 20 heavy (non-hydrogen) atoms. The Hall–Kier alpha value is -0.940. The minimum atomic E-state index is -0.348. The predicted octanol–water partition coefficient (Wildman–Crippen LogP) is 4.42. The summed E-state index contributed by atoms with van der Waals surface area (Å²) in [6, 6.07) is 5.60. The summed E-state index contributed by atoms with van der Waals surface area (Å²) in [5.41, 5.74) is 1.39. The van der Waals surface area contributed by atoms with E-state index in [1.54, 1.807) is 6.07 Å². The van der Waals surface area contributed by atoms with Crippen LogP contribution in [0.2, 0.25) is 0 Å². The van der Waals surface area contributed by atoms with Crippen molar-refractivity contribution in [1.29, 1.82) is 0 Å². The number of nitro groups is 1. The number of halogens is 1. The van der Waals surface area contributed by atoms with Gasteiger partial charge in [-0.3, -0.25) is 10.1 Å². The molecule has 4 nitrogen and oxygen atoms in total. The lowest BCUT2D eigenvalue weighted by atomic mass is 9.73. The molecule has 0 aliphatic heterocycles. The molecule has 0 aromatic heterocycles. The van der Waals surface area contributed by atoms with Gasteiger partial charge in [-0.1, -0.05) is 42.6 Å². The number of hydrogen-bond donors (Lipinski definition) is 1. The minimum absolute atomic E-state index is 0.138. The van der Waals surface area contributed by atoms with Gasteiger partial charge in [-0.2, -0.15) is 0 Å². The summed E-state index contributed by atoms with van der Waals surface area (Å²) in [5, 5.41) is 14.5. The Morgan fingerprint density at radius 1 is 1.40 bits per heavy atom. The second-order valence-corrected chi connectivity index (χ2v) is 7.16. The van der Waals surface area contributed by atoms with Crippen LogP contribution >= 0.6 is 15.9 Å². The van der Waals surface area contributed by atoms with E-state index >= 15 is 0 Å². The molecular formula is C15H21BrN2O2. The zero-order valence-corrected chi connectivity index (χ0v) is 13.6. The van der Waals surface area contributed by atoms with E-state index in [9.17, 15) is 10.1 Å². The summed E-state index contributed by atoms with van der Waals surface area (Å²) in [4.78, 5) is 10.5. The fourth-order valence-electron chi connectivity index (χ4n) is 2.95. The fourth-order valence-corrected chi connectivity index (χ4v) is 3.48. The third-order valence-corrected chi connectivity index (χ3v) is 4.67. The molecule has 1 aliphatic carbocycles. The Morgan fingerprint density at radius 2 is 2.15 bits per heavy atom. The molecule has 1 aromatic carbocycles. The molecule has 1 fully saturated rings. The third kappa shape index (κ3) is 3.79. The molecule has 0 heterocycles. The summed E-state index contributed by atoms with van der Waals surface area (Å²) < 4.78 is 0.756. The van der Waals surface area contributed by atoms with Gasteiger partial charge in [0.05, 0.1) is 4.92 Å².